The van der Waals surface area contributed by atoms with Crippen LogP contribution in [0.25, 0.3) is 0 Å². The molecule has 7 heteroatoms. The number of nitrogens with two attached hydrogens (primary N) is 1. The number of aromatic nitrogens is 2. The maximum atomic E-state index is 9.00. The molecule has 0 amide bonds. The number of ether oxygens (including phenoxy) is 1. The van der Waals surface area contributed by atoms with Crippen molar-refractivity contribution in [2.75, 3.05) is 30.1 Å². The number of hydrazine groups is 1. The summed E-state index contributed by atoms with van der Waals surface area (Å²) in [4.78, 5) is 10.9. The first-order chi connectivity index (χ1) is 9.62. The smallest absolute Gasteiger partial charge is 0.158 e. The molecule has 114 valence electrons. The zero-order valence-corrected chi connectivity index (χ0v) is 12.5. The van der Waals surface area contributed by atoms with Crippen LogP contribution in [0.15, 0.2) is 6.07 Å². The molecule has 1 rings (SSSR count). The number of aliphatic hydroxyl groups is 1. The van der Waals surface area contributed by atoms with Crippen molar-refractivity contribution in [3.05, 3.63) is 11.9 Å². The topological polar surface area (TPSA) is 96.5 Å². The van der Waals surface area contributed by atoms with Crippen molar-refractivity contribution in [2.45, 2.75) is 39.8 Å². The van der Waals surface area contributed by atoms with Crippen molar-refractivity contribution in [1.29, 1.82) is 0 Å². The molecule has 0 spiro atoms. The Labute approximate surface area is 120 Å². The summed E-state index contributed by atoms with van der Waals surface area (Å²) >= 11 is 0. The maximum Gasteiger partial charge on any atom is 0.158 e. The number of hydrogen-bond acceptors (Lipinski definition) is 7. The molecule has 0 aliphatic rings. The molecule has 0 aliphatic carbocycles. The molecule has 4 N–H and O–H groups in total. The van der Waals surface area contributed by atoms with Crippen LogP contribution in [0.5, 0.6) is 0 Å². The maximum absolute atomic E-state index is 9.00. The quantitative estimate of drug-likeness (QED) is 0.457. The summed E-state index contributed by atoms with van der Waals surface area (Å²) in [6.07, 6.45) is 0.689. The molecule has 0 bridgehead atoms. The molecule has 0 unspecified atom stereocenters. The van der Waals surface area contributed by atoms with Gasteiger partial charge < -0.3 is 20.2 Å². The number of aliphatic hydroxyl groups excluding tert-OH is 1. The van der Waals surface area contributed by atoms with E-state index >= 15 is 0 Å². The number of nitrogen functional groups attached to an aromatic ring is 1. The van der Waals surface area contributed by atoms with Crippen molar-refractivity contribution in [2.24, 2.45) is 5.84 Å². The Morgan fingerprint density at radius 2 is 2.20 bits per heavy atom. The highest BCUT2D eigenvalue weighted by Crippen LogP contribution is 2.18. The highest BCUT2D eigenvalue weighted by atomic mass is 16.5. The Morgan fingerprint density at radius 3 is 2.75 bits per heavy atom. The minimum absolute atomic E-state index is 0.155. The van der Waals surface area contributed by atoms with Crippen molar-refractivity contribution in [3.63, 3.8) is 0 Å². The summed E-state index contributed by atoms with van der Waals surface area (Å²) in [5, 5.41) is 9.00. The summed E-state index contributed by atoms with van der Waals surface area (Å²) in [5.41, 5.74) is 2.55. The van der Waals surface area contributed by atoms with Crippen molar-refractivity contribution in [3.8, 4) is 0 Å². The first-order valence-corrected chi connectivity index (χ1v) is 6.92. The van der Waals surface area contributed by atoms with E-state index < -0.39 is 0 Å². The summed E-state index contributed by atoms with van der Waals surface area (Å²) in [5.74, 6) is 7.38. The molecule has 0 aliphatic heterocycles. The lowest BCUT2D eigenvalue weighted by atomic mass is 10.2. The second kappa shape index (κ2) is 8.68. The van der Waals surface area contributed by atoms with Gasteiger partial charge in [-0.15, -0.1) is 0 Å². The number of hydrogen-bond donors (Lipinski definition) is 3. The van der Waals surface area contributed by atoms with Crippen molar-refractivity contribution in [1.82, 2.24) is 9.97 Å². The van der Waals surface area contributed by atoms with Gasteiger partial charge in [0.2, 0.25) is 0 Å². The standard InChI is InChI=1S/C13H25N5O2/c1-4-20-9-12-15-11(17-14)8-13(16-12)18(10(2)3)6-5-7-19/h8,10,19H,4-7,9,14H2,1-3H3,(H,15,16,17). The van der Waals surface area contributed by atoms with E-state index in [1.54, 1.807) is 6.07 Å². The molecule has 20 heavy (non-hydrogen) atoms. The number of nitrogens with zero attached hydrogens (tertiary/aromatic N) is 3. The lowest BCUT2D eigenvalue weighted by Gasteiger charge is -2.28. The molecule has 0 fully saturated rings. The molecule has 0 aromatic carbocycles. The average molecular weight is 283 g/mol. The molecule has 0 saturated carbocycles. The minimum Gasteiger partial charge on any atom is -0.396 e. The predicted octanol–water partition coefficient (Wildman–Crippen LogP) is 0.896. The van der Waals surface area contributed by atoms with Gasteiger partial charge in [0.1, 0.15) is 18.2 Å². The number of anilines is 2. The molecule has 1 aromatic heterocycles. The normalized spacial score (nSPS) is 10.9. The van der Waals surface area contributed by atoms with Crippen molar-refractivity contribution < 1.29 is 9.84 Å². The summed E-state index contributed by atoms with van der Waals surface area (Å²) < 4.78 is 5.34. The summed E-state index contributed by atoms with van der Waals surface area (Å²) in [6, 6.07) is 2.06. The first kappa shape index (κ1) is 16.6. The van der Waals surface area contributed by atoms with Crippen LogP contribution in [-0.2, 0) is 11.3 Å². The van der Waals surface area contributed by atoms with Crippen molar-refractivity contribution >= 4 is 11.6 Å². The fourth-order valence-corrected chi connectivity index (χ4v) is 1.84. The van der Waals surface area contributed by atoms with E-state index in [-0.39, 0.29) is 12.6 Å². The van der Waals surface area contributed by atoms with Gasteiger partial charge in [-0.1, -0.05) is 0 Å². The van der Waals surface area contributed by atoms with E-state index in [1.165, 1.54) is 0 Å². The van der Waals surface area contributed by atoms with Gasteiger partial charge >= 0.3 is 0 Å². The monoisotopic (exact) mass is 283 g/mol. The van der Waals surface area contributed by atoms with E-state index in [0.717, 1.165) is 12.4 Å². The van der Waals surface area contributed by atoms with Gasteiger partial charge in [0, 0.05) is 31.9 Å². The third-order valence-electron chi connectivity index (χ3n) is 2.82. The van der Waals surface area contributed by atoms with Gasteiger partial charge in [-0.2, -0.15) is 0 Å². The zero-order valence-electron chi connectivity index (χ0n) is 12.5. The van der Waals surface area contributed by atoms with Crippen LogP contribution in [0.2, 0.25) is 0 Å². The molecular weight excluding hydrogens is 258 g/mol. The van der Waals surface area contributed by atoms with E-state index in [0.29, 0.717) is 31.3 Å². The molecule has 0 saturated heterocycles. The van der Waals surface area contributed by atoms with Crippen LogP contribution in [0.4, 0.5) is 11.6 Å². The van der Waals surface area contributed by atoms with Crippen LogP contribution < -0.4 is 16.2 Å². The minimum atomic E-state index is 0.155. The molecule has 0 atom stereocenters. The Kier molecular flexibility index (Phi) is 7.21. The molecular formula is C13H25N5O2. The predicted molar refractivity (Wildman–Crippen MR) is 79.4 cm³/mol. The zero-order chi connectivity index (χ0) is 15.0. The van der Waals surface area contributed by atoms with Gasteiger partial charge in [0.25, 0.3) is 0 Å². The van der Waals surface area contributed by atoms with Gasteiger partial charge in [-0.25, -0.2) is 15.8 Å². The molecule has 7 nitrogen and oxygen atoms in total. The van der Waals surface area contributed by atoms with Crippen LogP contribution in [-0.4, -0.2) is 40.9 Å². The second-order valence-corrected chi connectivity index (χ2v) is 4.67. The largest absolute Gasteiger partial charge is 0.396 e. The second-order valence-electron chi connectivity index (χ2n) is 4.67. The Morgan fingerprint density at radius 1 is 1.45 bits per heavy atom. The summed E-state index contributed by atoms with van der Waals surface area (Å²) in [6.45, 7) is 7.93. The van der Waals surface area contributed by atoms with Crippen LogP contribution in [0.1, 0.15) is 33.0 Å². The van der Waals surface area contributed by atoms with Gasteiger partial charge in [0.15, 0.2) is 5.82 Å². The van der Waals surface area contributed by atoms with E-state index in [1.807, 2.05) is 6.92 Å². The molecule has 0 radical (unpaired) electrons. The number of nitrogens with one attached hydrogen (secondary N) is 1. The third kappa shape index (κ3) is 4.92. The molecule has 1 aromatic rings. The Bertz CT molecular complexity index is 400. The highest BCUT2D eigenvalue weighted by Gasteiger charge is 2.14. The Balaban J connectivity index is 2.99. The highest BCUT2D eigenvalue weighted by molar-refractivity contribution is 5.49. The van der Waals surface area contributed by atoms with Gasteiger partial charge in [-0.3, -0.25) is 0 Å². The van der Waals surface area contributed by atoms with Crippen LogP contribution in [0.3, 0.4) is 0 Å². The lowest BCUT2D eigenvalue weighted by Crippen LogP contribution is -2.33. The van der Waals surface area contributed by atoms with E-state index in [2.05, 4.69) is 34.1 Å². The lowest BCUT2D eigenvalue weighted by molar-refractivity contribution is 0.128. The number of rotatable bonds is 9. The fourth-order valence-electron chi connectivity index (χ4n) is 1.84. The van der Waals surface area contributed by atoms with E-state index in [4.69, 9.17) is 15.7 Å². The van der Waals surface area contributed by atoms with Gasteiger partial charge in [-0.05, 0) is 27.2 Å². The summed E-state index contributed by atoms with van der Waals surface area (Å²) in [7, 11) is 0. The van der Waals surface area contributed by atoms with Crippen LogP contribution in [0, 0.1) is 0 Å². The van der Waals surface area contributed by atoms with Gasteiger partial charge in [0.05, 0.1) is 0 Å². The third-order valence-corrected chi connectivity index (χ3v) is 2.82. The van der Waals surface area contributed by atoms with Crippen LogP contribution >= 0.6 is 0 Å². The molecule has 1 heterocycles. The fraction of sp³-hybridized carbons (Fsp3) is 0.692. The SMILES string of the molecule is CCOCc1nc(NN)cc(N(CCCO)C(C)C)n1. The Hall–Kier alpha value is -1.44. The average Bonchev–Trinajstić information content (AvgIpc) is 2.45. The van der Waals surface area contributed by atoms with E-state index in [9.17, 15) is 0 Å². The first-order valence-electron chi connectivity index (χ1n) is 6.92.